The predicted octanol–water partition coefficient (Wildman–Crippen LogP) is 2.14. The molecule has 0 saturated heterocycles. The van der Waals surface area contributed by atoms with E-state index in [0.29, 0.717) is 18.8 Å². The van der Waals surface area contributed by atoms with Gasteiger partial charge in [-0.1, -0.05) is 30.3 Å². The molecule has 0 bridgehead atoms. The highest BCUT2D eigenvalue weighted by Crippen LogP contribution is 2.54. The fourth-order valence-electron chi connectivity index (χ4n) is 2.65. The zero-order valence-electron chi connectivity index (χ0n) is 11.2. The van der Waals surface area contributed by atoms with Crippen molar-refractivity contribution in [1.82, 2.24) is 10.2 Å². The summed E-state index contributed by atoms with van der Waals surface area (Å²) in [5.41, 5.74) is 1.45. The number of carboxylic acids is 1. The van der Waals surface area contributed by atoms with Crippen molar-refractivity contribution < 1.29 is 14.6 Å². The lowest BCUT2D eigenvalue weighted by atomic mass is 9.94. The molecule has 2 aromatic rings. The maximum absolute atomic E-state index is 11.3. The smallest absolute Gasteiger partial charge is 0.307 e. The molecule has 1 heterocycles. The summed E-state index contributed by atoms with van der Waals surface area (Å²) < 4.78 is 5.78. The average molecular weight is 272 g/mol. The first-order valence-corrected chi connectivity index (χ1v) is 6.54. The molecular weight excluding hydrogens is 256 g/mol. The Kier molecular flexibility index (Phi) is 2.97. The second kappa shape index (κ2) is 4.67. The summed E-state index contributed by atoms with van der Waals surface area (Å²) in [7, 11) is 0. The highest BCUT2D eigenvalue weighted by atomic mass is 16.5. The topological polar surface area (TPSA) is 75.2 Å². The zero-order chi connectivity index (χ0) is 14.2. The Balaban J connectivity index is 1.82. The van der Waals surface area contributed by atoms with Crippen LogP contribution in [0.2, 0.25) is 0 Å². The first-order valence-electron chi connectivity index (χ1n) is 6.54. The van der Waals surface area contributed by atoms with Gasteiger partial charge in [0.05, 0.1) is 24.4 Å². The Labute approximate surface area is 116 Å². The molecule has 1 aliphatic carbocycles. The van der Waals surface area contributed by atoms with Crippen molar-refractivity contribution in [2.45, 2.75) is 18.8 Å². The van der Waals surface area contributed by atoms with Crippen LogP contribution in [0.25, 0.3) is 0 Å². The van der Waals surface area contributed by atoms with Gasteiger partial charge in [-0.05, 0) is 18.9 Å². The van der Waals surface area contributed by atoms with E-state index in [4.69, 9.17) is 4.74 Å². The van der Waals surface area contributed by atoms with Gasteiger partial charge in [-0.15, -0.1) is 0 Å². The maximum Gasteiger partial charge on any atom is 0.307 e. The predicted molar refractivity (Wildman–Crippen MR) is 72.7 cm³/mol. The number of H-pyrrole nitrogens is 1. The van der Waals surface area contributed by atoms with Gasteiger partial charge in [-0.2, -0.15) is 5.10 Å². The molecule has 5 nitrogen and oxygen atoms in total. The molecule has 1 aromatic heterocycles. The van der Waals surface area contributed by atoms with Gasteiger partial charge >= 0.3 is 5.97 Å². The van der Waals surface area contributed by atoms with Gasteiger partial charge in [0.2, 0.25) is 0 Å². The van der Waals surface area contributed by atoms with Gasteiger partial charge in [-0.3, -0.25) is 9.89 Å². The standard InChI is InChI=1S/C15H16N2O3/c1-10-13(8-16-17-10)20-9-15(7-12(15)14(18)19)11-5-3-2-4-6-11/h2-6,8,12H,7,9H2,1H3,(H,16,17)(H,18,19). The molecule has 0 radical (unpaired) electrons. The SMILES string of the molecule is Cc1[nH]ncc1OCC1(c2ccccc2)CC1C(=O)O. The molecule has 2 atom stereocenters. The second-order valence-corrected chi connectivity index (χ2v) is 5.27. The molecule has 2 unspecified atom stereocenters. The fraction of sp³-hybridized carbons (Fsp3) is 0.333. The number of aromatic nitrogens is 2. The van der Waals surface area contributed by atoms with E-state index in [1.165, 1.54) is 0 Å². The Morgan fingerprint density at radius 1 is 1.50 bits per heavy atom. The van der Waals surface area contributed by atoms with Crippen LogP contribution in [0.4, 0.5) is 0 Å². The summed E-state index contributed by atoms with van der Waals surface area (Å²) in [5.74, 6) is -0.463. The molecule has 20 heavy (non-hydrogen) atoms. The Morgan fingerprint density at radius 3 is 2.80 bits per heavy atom. The minimum atomic E-state index is -0.763. The van der Waals surface area contributed by atoms with Crippen molar-refractivity contribution in [3.8, 4) is 5.75 Å². The van der Waals surface area contributed by atoms with E-state index >= 15 is 0 Å². The number of hydrogen-bond acceptors (Lipinski definition) is 3. The average Bonchev–Trinajstić information content (AvgIpc) is 3.07. The van der Waals surface area contributed by atoms with Crippen LogP contribution in [0.15, 0.2) is 36.5 Å². The van der Waals surface area contributed by atoms with Crippen molar-refractivity contribution in [3.05, 3.63) is 47.8 Å². The normalized spacial score (nSPS) is 24.4. The second-order valence-electron chi connectivity index (χ2n) is 5.27. The third kappa shape index (κ3) is 2.05. The minimum Gasteiger partial charge on any atom is -0.489 e. The quantitative estimate of drug-likeness (QED) is 0.874. The third-order valence-corrected chi connectivity index (χ3v) is 3.99. The van der Waals surface area contributed by atoms with Crippen LogP contribution in [0.3, 0.4) is 0 Å². The molecule has 2 N–H and O–H groups in total. The number of hydrogen-bond donors (Lipinski definition) is 2. The van der Waals surface area contributed by atoms with Crippen LogP contribution in [-0.2, 0) is 10.2 Å². The summed E-state index contributed by atoms with van der Waals surface area (Å²) in [6, 6.07) is 9.72. The molecule has 1 aromatic carbocycles. The molecule has 104 valence electrons. The van der Waals surface area contributed by atoms with E-state index < -0.39 is 11.4 Å². The van der Waals surface area contributed by atoms with E-state index in [1.54, 1.807) is 6.20 Å². The first-order chi connectivity index (χ1) is 9.63. The number of aryl methyl sites for hydroxylation is 1. The molecule has 0 amide bonds. The first kappa shape index (κ1) is 12.7. The number of aliphatic carboxylic acids is 1. The maximum atomic E-state index is 11.3. The Morgan fingerprint density at radius 2 is 2.25 bits per heavy atom. The highest BCUT2D eigenvalue weighted by molar-refractivity contribution is 5.77. The van der Waals surface area contributed by atoms with E-state index in [9.17, 15) is 9.90 Å². The van der Waals surface area contributed by atoms with E-state index in [1.807, 2.05) is 37.3 Å². The lowest BCUT2D eigenvalue weighted by Gasteiger charge is -2.17. The van der Waals surface area contributed by atoms with Crippen LogP contribution in [0, 0.1) is 12.8 Å². The van der Waals surface area contributed by atoms with Gasteiger partial charge in [0.25, 0.3) is 0 Å². The van der Waals surface area contributed by atoms with Crippen molar-refractivity contribution in [2.24, 2.45) is 5.92 Å². The molecular formula is C15H16N2O3. The summed E-state index contributed by atoms with van der Waals surface area (Å²) in [6.45, 7) is 2.23. The number of benzene rings is 1. The Bertz CT molecular complexity index is 623. The third-order valence-electron chi connectivity index (χ3n) is 3.99. The summed E-state index contributed by atoms with van der Waals surface area (Å²) in [5, 5.41) is 16.0. The molecule has 1 fully saturated rings. The molecule has 3 rings (SSSR count). The van der Waals surface area contributed by atoms with Crippen molar-refractivity contribution in [1.29, 1.82) is 0 Å². The number of nitrogens with zero attached hydrogens (tertiary/aromatic N) is 1. The lowest BCUT2D eigenvalue weighted by molar-refractivity contribution is -0.139. The number of nitrogens with one attached hydrogen (secondary N) is 1. The molecule has 0 aliphatic heterocycles. The summed E-state index contributed by atoms with van der Waals surface area (Å²) in [6.07, 6.45) is 2.23. The van der Waals surface area contributed by atoms with Crippen LogP contribution < -0.4 is 4.74 Å². The van der Waals surface area contributed by atoms with Gasteiger partial charge in [0.15, 0.2) is 5.75 Å². The number of aromatic amines is 1. The number of rotatable bonds is 5. The van der Waals surface area contributed by atoms with Crippen LogP contribution in [-0.4, -0.2) is 27.9 Å². The fourth-order valence-corrected chi connectivity index (χ4v) is 2.65. The van der Waals surface area contributed by atoms with Crippen molar-refractivity contribution in [3.63, 3.8) is 0 Å². The Hall–Kier alpha value is -2.30. The van der Waals surface area contributed by atoms with E-state index in [0.717, 1.165) is 11.3 Å². The summed E-state index contributed by atoms with van der Waals surface area (Å²) in [4.78, 5) is 11.3. The van der Waals surface area contributed by atoms with Gasteiger partial charge in [0, 0.05) is 5.41 Å². The van der Waals surface area contributed by atoms with Crippen molar-refractivity contribution >= 4 is 5.97 Å². The molecule has 1 saturated carbocycles. The number of carboxylic acid groups (broad SMARTS) is 1. The van der Waals surface area contributed by atoms with Crippen LogP contribution in [0.1, 0.15) is 17.7 Å². The monoisotopic (exact) mass is 272 g/mol. The number of carbonyl (C=O) groups is 1. The molecule has 5 heteroatoms. The van der Waals surface area contributed by atoms with E-state index in [2.05, 4.69) is 10.2 Å². The van der Waals surface area contributed by atoms with Gasteiger partial charge in [-0.25, -0.2) is 0 Å². The van der Waals surface area contributed by atoms with Gasteiger partial charge < -0.3 is 9.84 Å². The molecule has 1 aliphatic rings. The zero-order valence-corrected chi connectivity index (χ0v) is 11.2. The highest BCUT2D eigenvalue weighted by Gasteiger charge is 2.60. The van der Waals surface area contributed by atoms with E-state index in [-0.39, 0.29) is 5.92 Å². The van der Waals surface area contributed by atoms with Crippen molar-refractivity contribution in [2.75, 3.05) is 6.61 Å². The van der Waals surface area contributed by atoms with Crippen LogP contribution >= 0.6 is 0 Å². The largest absolute Gasteiger partial charge is 0.489 e. The van der Waals surface area contributed by atoms with Gasteiger partial charge in [0.1, 0.15) is 0 Å². The molecule has 0 spiro atoms. The summed E-state index contributed by atoms with van der Waals surface area (Å²) >= 11 is 0. The van der Waals surface area contributed by atoms with Crippen LogP contribution in [0.5, 0.6) is 5.75 Å². The minimum absolute atomic E-state index is 0.356. The number of ether oxygens (including phenoxy) is 1. The lowest BCUT2D eigenvalue weighted by Crippen LogP contribution is -2.23.